The molecule has 2 aromatic heterocycles. The van der Waals surface area contributed by atoms with Crippen molar-refractivity contribution in [3.8, 4) is 11.4 Å². The van der Waals surface area contributed by atoms with E-state index in [9.17, 15) is 9.59 Å². The number of nitrogens with one attached hydrogen (secondary N) is 4. The number of rotatable bonds is 6. The van der Waals surface area contributed by atoms with Crippen molar-refractivity contribution < 1.29 is 4.79 Å². The van der Waals surface area contributed by atoms with Gasteiger partial charge in [-0.1, -0.05) is 36.4 Å². The van der Waals surface area contributed by atoms with Gasteiger partial charge in [0.25, 0.3) is 11.5 Å². The van der Waals surface area contributed by atoms with E-state index in [1.807, 2.05) is 36.4 Å². The number of carbonyl (C=O) groups is 1. The Balaban J connectivity index is 1.52. The molecule has 1 aliphatic heterocycles. The molecule has 154 valence electrons. The molecule has 0 bridgehead atoms. The van der Waals surface area contributed by atoms with Crippen molar-refractivity contribution in [1.29, 1.82) is 0 Å². The standard InChI is InChI=1S/C24H21N5O2/c1-2-16(10-14-6-4-3-5-7-14)27-18-8-9-25-24(31)21(18)22-28-19-11-15-13-26-23(30)17(15)12-20(19)29-22/h2-9,11-12,16H,1,10,13H2,(H,26,30)(H,28,29)(H2,25,27,31)/t16-/m0/s1. The first-order chi connectivity index (χ1) is 15.1. The molecule has 0 fully saturated rings. The van der Waals surface area contributed by atoms with Gasteiger partial charge in [0.1, 0.15) is 11.4 Å². The van der Waals surface area contributed by atoms with Crippen LogP contribution >= 0.6 is 0 Å². The van der Waals surface area contributed by atoms with Crippen LogP contribution in [0.3, 0.4) is 0 Å². The minimum atomic E-state index is -0.253. The van der Waals surface area contributed by atoms with Crippen LogP contribution in [-0.2, 0) is 13.0 Å². The summed E-state index contributed by atoms with van der Waals surface area (Å²) in [5.74, 6) is 0.349. The third kappa shape index (κ3) is 3.50. The van der Waals surface area contributed by atoms with Gasteiger partial charge in [0.05, 0.1) is 16.7 Å². The molecule has 7 heteroatoms. The van der Waals surface area contributed by atoms with Crippen LogP contribution in [0.4, 0.5) is 5.69 Å². The largest absolute Gasteiger partial charge is 0.378 e. The van der Waals surface area contributed by atoms with Crippen molar-refractivity contribution in [2.45, 2.75) is 19.0 Å². The van der Waals surface area contributed by atoms with E-state index in [4.69, 9.17) is 0 Å². The monoisotopic (exact) mass is 411 g/mol. The molecule has 3 heterocycles. The second kappa shape index (κ2) is 7.60. The van der Waals surface area contributed by atoms with E-state index >= 15 is 0 Å². The number of anilines is 1. The van der Waals surface area contributed by atoms with Gasteiger partial charge in [-0.05, 0) is 35.7 Å². The molecular weight excluding hydrogens is 390 g/mol. The molecule has 0 radical (unpaired) electrons. The molecule has 31 heavy (non-hydrogen) atoms. The van der Waals surface area contributed by atoms with Crippen LogP contribution < -0.4 is 16.2 Å². The van der Waals surface area contributed by atoms with Crippen LogP contribution in [0, 0.1) is 0 Å². The molecule has 0 saturated carbocycles. The minimum Gasteiger partial charge on any atom is -0.378 e. The van der Waals surface area contributed by atoms with Crippen molar-refractivity contribution >= 4 is 22.6 Å². The van der Waals surface area contributed by atoms with E-state index < -0.39 is 0 Å². The van der Waals surface area contributed by atoms with Gasteiger partial charge >= 0.3 is 0 Å². The molecule has 5 rings (SSSR count). The molecular formula is C24H21N5O2. The number of pyridine rings is 1. The first-order valence-electron chi connectivity index (χ1n) is 10.1. The number of H-pyrrole nitrogens is 2. The number of hydrogen-bond acceptors (Lipinski definition) is 4. The summed E-state index contributed by atoms with van der Waals surface area (Å²) in [6, 6.07) is 15.5. The van der Waals surface area contributed by atoms with Crippen LogP contribution in [0.1, 0.15) is 21.5 Å². The Bertz CT molecular complexity index is 1350. The van der Waals surface area contributed by atoms with E-state index in [-0.39, 0.29) is 17.5 Å². The van der Waals surface area contributed by atoms with Gasteiger partial charge in [-0.15, -0.1) is 6.58 Å². The van der Waals surface area contributed by atoms with E-state index in [2.05, 4.69) is 44.3 Å². The Morgan fingerprint density at radius 2 is 2.00 bits per heavy atom. The topological polar surface area (TPSA) is 103 Å². The number of aromatic nitrogens is 3. The number of hydrogen-bond donors (Lipinski definition) is 4. The fourth-order valence-corrected chi connectivity index (χ4v) is 3.94. The van der Waals surface area contributed by atoms with Gasteiger partial charge < -0.3 is 20.6 Å². The van der Waals surface area contributed by atoms with E-state index in [1.165, 1.54) is 5.56 Å². The molecule has 1 amide bonds. The highest BCUT2D eigenvalue weighted by molar-refractivity contribution is 6.01. The van der Waals surface area contributed by atoms with Crippen LogP contribution in [0.5, 0.6) is 0 Å². The van der Waals surface area contributed by atoms with Crippen molar-refractivity contribution in [3.05, 3.63) is 94.4 Å². The summed E-state index contributed by atoms with van der Waals surface area (Å²) in [5, 5.41) is 6.23. The highest BCUT2D eigenvalue weighted by atomic mass is 16.2. The summed E-state index contributed by atoms with van der Waals surface area (Å²) >= 11 is 0. The van der Waals surface area contributed by atoms with Crippen LogP contribution in [0.2, 0.25) is 0 Å². The minimum absolute atomic E-state index is 0.0696. The second-order valence-corrected chi connectivity index (χ2v) is 7.57. The van der Waals surface area contributed by atoms with E-state index in [1.54, 1.807) is 12.3 Å². The smallest absolute Gasteiger partial charge is 0.261 e. The summed E-state index contributed by atoms with van der Waals surface area (Å²) in [7, 11) is 0. The Hall–Kier alpha value is -4.13. The zero-order chi connectivity index (χ0) is 21.4. The number of aromatic amines is 2. The van der Waals surface area contributed by atoms with Gasteiger partial charge in [0.15, 0.2) is 0 Å². The average molecular weight is 411 g/mol. The number of fused-ring (bicyclic) bond motifs is 2. The second-order valence-electron chi connectivity index (χ2n) is 7.57. The summed E-state index contributed by atoms with van der Waals surface area (Å²) in [6.07, 6.45) is 4.18. The predicted octanol–water partition coefficient (Wildman–Crippen LogP) is 3.37. The zero-order valence-corrected chi connectivity index (χ0v) is 16.7. The molecule has 2 aromatic carbocycles. The lowest BCUT2D eigenvalue weighted by Gasteiger charge is -2.18. The highest BCUT2D eigenvalue weighted by Crippen LogP contribution is 2.28. The molecule has 1 aliphatic rings. The fourth-order valence-electron chi connectivity index (χ4n) is 3.94. The molecule has 0 saturated heterocycles. The summed E-state index contributed by atoms with van der Waals surface area (Å²) in [5.41, 5.74) is 4.97. The van der Waals surface area contributed by atoms with Crippen molar-refractivity contribution in [3.63, 3.8) is 0 Å². The first kappa shape index (κ1) is 18.9. The third-order valence-electron chi connectivity index (χ3n) is 5.51. The Labute approximate surface area is 178 Å². The zero-order valence-electron chi connectivity index (χ0n) is 16.7. The quantitative estimate of drug-likeness (QED) is 0.365. The highest BCUT2D eigenvalue weighted by Gasteiger charge is 2.22. The van der Waals surface area contributed by atoms with Crippen molar-refractivity contribution in [1.82, 2.24) is 20.3 Å². The SMILES string of the molecule is C=C[C@@H](Cc1ccccc1)Nc1cc[nH]c(=O)c1-c1nc2cc3c(cc2[nH]1)CNC3=O. The Morgan fingerprint density at radius 1 is 1.16 bits per heavy atom. The lowest BCUT2D eigenvalue weighted by molar-refractivity contribution is 0.0966. The average Bonchev–Trinajstić information content (AvgIpc) is 3.35. The van der Waals surface area contributed by atoms with Crippen LogP contribution in [0.25, 0.3) is 22.4 Å². The Morgan fingerprint density at radius 3 is 2.81 bits per heavy atom. The van der Waals surface area contributed by atoms with Crippen LogP contribution in [0.15, 0.2) is 72.2 Å². The number of benzene rings is 2. The summed E-state index contributed by atoms with van der Waals surface area (Å²) < 4.78 is 0. The summed E-state index contributed by atoms with van der Waals surface area (Å²) in [6.45, 7) is 4.44. The number of carbonyl (C=O) groups excluding carboxylic acids is 1. The van der Waals surface area contributed by atoms with Crippen molar-refractivity contribution in [2.75, 3.05) is 5.32 Å². The Kier molecular flexibility index (Phi) is 4.63. The van der Waals surface area contributed by atoms with E-state index in [0.29, 0.717) is 34.7 Å². The molecule has 7 nitrogen and oxygen atoms in total. The maximum Gasteiger partial charge on any atom is 0.261 e. The number of imidazole rings is 1. The summed E-state index contributed by atoms with van der Waals surface area (Å²) in [4.78, 5) is 35.3. The number of amides is 1. The van der Waals surface area contributed by atoms with Gasteiger partial charge in [0, 0.05) is 24.3 Å². The van der Waals surface area contributed by atoms with Gasteiger partial charge in [-0.25, -0.2) is 4.98 Å². The fraction of sp³-hybridized carbons (Fsp3) is 0.125. The molecule has 0 aliphatic carbocycles. The normalized spacial score (nSPS) is 13.6. The molecule has 1 atom stereocenters. The molecule has 4 aromatic rings. The lowest BCUT2D eigenvalue weighted by Crippen LogP contribution is -2.22. The molecule has 0 unspecified atom stereocenters. The lowest BCUT2D eigenvalue weighted by atomic mass is 10.1. The van der Waals surface area contributed by atoms with Gasteiger partial charge in [-0.3, -0.25) is 9.59 Å². The van der Waals surface area contributed by atoms with E-state index in [0.717, 1.165) is 17.5 Å². The van der Waals surface area contributed by atoms with Crippen molar-refractivity contribution in [2.24, 2.45) is 0 Å². The van der Waals surface area contributed by atoms with Gasteiger partial charge in [0.2, 0.25) is 0 Å². The van der Waals surface area contributed by atoms with Gasteiger partial charge in [-0.2, -0.15) is 0 Å². The predicted molar refractivity (Wildman–Crippen MR) is 121 cm³/mol. The molecule has 0 spiro atoms. The molecule has 4 N–H and O–H groups in total. The third-order valence-corrected chi connectivity index (χ3v) is 5.51. The maximum atomic E-state index is 12.8. The number of nitrogens with zero attached hydrogens (tertiary/aromatic N) is 1. The first-order valence-corrected chi connectivity index (χ1v) is 10.1. The van der Waals surface area contributed by atoms with Crippen LogP contribution in [-0.4, -0.2) is 26.9 Å². The maximum absolute atomic E-state index is 12.8.